The molecular weight excluding hydrogens is 429 g/mol. The van der Waals surface area contributed by atoms with Gasteiger partial charge in [-0.15, -0.1) is 0 Å². The summed E-state index contributed by atoms with van der Waals surface area (Å²) in [5, 5.41) is 2.88. The van der Waals surface area contributed by atoms with E-state index in [0.717, 1.165) is 12.0 Å². The van der Waals surface area contributed by atoms with Crippen molar-refractivity contribution in [1.29, 1.82) is 0 Å². The molecule has 0 saturated carbocycles. The lowest BCUT2D eigenvalue weighted by molar-refractivity contribution is 0.0941. The van der Waals surface area contributed by atoms with E-state index >= 15 is 0 Å². The van der Waals surface area contributed by atoms with Gasteiger partial charge in [0.25, 0.3) is 15.9 Å². The van der Waals surface area contributed by atoms with Gasteiger partial charge in [0.05, 0.1) is 10.6 Å². The van der Waals surface area contributed by atoms with Crippen molar-refractivity contribution in [3.05, 3.63) is 95.8 Å². The Balaban J connectivity index is 1.69. The lowest BCUT2D eigenvalue weighted by Crippen LogP contribution is -2.41. The summed E-state index contributed by atoms with van der Waals surface area (Å²) >= 11 is 0. The van der Waals surface area contributed by atoms with Crippen molar-refractivity contribution in [1.82, 2.24) is 10.2 Å². The zero-order valence-electron chi connectivity index (χ0n) is 18.0. The predicted molar refractivity (Wildman–Crippen MR) is 124 cm³/mol. The van der Waals surface area contributed by atoms with Crippen molar-refractivity contribution in [2.75, 3.05) is 25.4 Å². The molecule has 1 amide bonds. The fourth-order valence-electron chi connectivity index (χ4n) is 3.19. The molecule has 1 atom stereocenters. The fraction of sp³-hybridized carbons (Fsp3) is 0.208. The SMILES string of the molecule is CN(C)C(CNC(=O)c1cccc(S(=O)(=O)Nc2ccccc2F)c1)Cc1ccccc1. The molecule has 6 nitrogen and oxygen atoms in total. The number of likely N-dealkylation sites (N-methyl/N-ethyl adjacent to an activating group) is 1. The fourth-order valence-corrected chi connectivity index (χ4v) is 4.30. The van der Waals surface area contributed by atoms with E-state index in [1.165, 1.54) is 42.5 Å². The van der Waals surface area contributed by atoms with Gasteiger partial charge in [-0.3, -0.25) is 9.52 Å². The van der Waals surface area contributed by atoms with Crippen LogP contribution in [0.4, 0.5) is 10.1 Å². The third kappa shape index (κ3) is 6.15. The summed E-state index contributed by atoms with van der Waals surface area (Å²) < 4.78 is 41.4. The van der Waals surface area contributed by atoms with E-state index in [1.54, 1.807) is 6.07 Å². The van der Waals surface area contributed by atoms with E-state index in [1.807, 2.05) is 49.3 Å². The molecule has 0 bridgehead atoms. The molecule has 0 aromatic heterocycles. The first-order valence-electron chi connectivity index (χ1n) is 10.1. The van der Waals surface area contributed by atoms with Crippen LogP contribution in [0.25, 0.3) is 0 Å². The highest BCUT2D eigenvalue weighted by atomic mass is 32.2. The highest BCUT2D eigenvalue weighted by Gasteiger charge is 2.19. The van der Waals surface area contributed by atoms with Crippen molar-refractivity contribution in [3.63, 3.8) is 0 Å². The van der Waals surface area contributed by atoms with Crippen LogP contribution in [0, 0.1) is 5.82 Å². The van der Waals surface area contributed by atoms with Gasteiger partial charge in [0.1, 0.15) is 5.82 Å². The van der Waals surface area contributed by atoms with Gasteiger partial charge < -0.3 is 10.2 Å². The molecule has 3 aromatic rings. The molecule has 8 heteroatoms. The summed E-state index contributed by atoms with van der Waals surface area (Å²) in [5.41, 5.74) is 1.21. The number of sulfonamides is 1. The van der Waals surface area contributed by atoms with Crippen LogP contribution in [0.5, 0.6) is 0 Å². The second kappa shape index (κ2) is 10.4. The van der Waals surface area contributed by atoms with Gasteiger partial charge >= 0.3 is 0 Å². The van der Waals surface area contributed by atoms with Gasteiger partial charge in [-0.2, -0.15) is 0 Å². The molecule has 1 unspecified atom stereocenters. The van der Waals surface area contributed by atoms with Crippen LogP contribution < -0.4 is 10.0 Å². The lowest BCUT2D eigenvalue weighted by atomic mass is 10.1. The maximum atomic E-state index is 13.8. The molecule has 0 heterocycles. The molecule has 0 spiro atoms. The van der Waals surface area contributed by atoms with Crippen molar-refractivity contribution in [2.24, 2.45) is 0 Å². The van der Waals surface area contributed by atoms with E-state index < -0.39 is 15.8 Å². The van der Waals surface area contributed by atoms with Gasteiger partial charge in [-0.25, -0.2) is 12.8 Å². The highest BCUT2D eigenvalue weighted by Crippen LogP contribution is 2.19. The molecule has 2 N–H and O–H groups in total. The summed E-state index contributed by atoms with van der Waals surface area (Å²) in [5.74, 6) is -1.06. The average molecular weight is 456 g/mol. The number of para-hydroxylation sites is 1. The van der Waals surface area contributed by atoms with Gasteiger partial charge in [0.2, 0.25) is 0 Å². The minimum atomic E-state index is -4.06. The average Bonchev–Trinajstić information content (AvgIpc) is 2.78. The number of carbonyl (C=O) groups excluding carboxylic acids is 1. The van der Waals surface area contributed by atoms with Gasteiger partial charge in [0, 0.05) is 18.2 Å². The summed E-state index contributed by atoms with van der Waals surface area (Å²) in [4.78, 5) is 14.6. The molecule has 0 saturated heterocycles. The number of rotatable bonds is 9. The Morgan fingerprint density at radius 1 is 0.969 bits per heavy atom. The second-order valence-electron chi connectivity index (χ2n) is 7.63. The van der Waals surface area contributed by atoms with E-state index in [2.05, 4.69) is 10.0 Å². The molecule has 0 fully saturated rings. The van der Waals surface area contributed by atoms with E-state index in [4.69, 9.17) is 0 Å². The number of benzene rings is 3. The van der Waals surface area contributed by atoms with E-state index in [-0.39, 0.29) is 28.1 Å². The lowest BCUT2D eigenvalue weighted by Gasteiger charge is -2.25. The Kier molecular flexibility index (Phi) is 7.61. The first kappa shape index (κ1) is 23.4. The number of amides is 1. The first-order valence-corrected chi connectivity index (χ1v) is 11.6. The van der Waals surface area contributed by atoms with Crippen LogP contribution in [0.1, 0.15) is 15.9 Å². The number of hydrogen-bond donors (Lipinski definition) is 2. The minimum absolute atomic E-state index is 0.0657. The van der Waals surface area contributed by atoms with Crippen molar-refractivity contribution in [2.45, 2.75) is 17.4 Å². The van der Waals surface area contributed by atoms with Crippen LogP contribution in [-0.4, -0.2) is 45.9 Å². The third-order valence-electron chi connectivity index (χ3n) is 5.07. The Morgan fingerprint density at radius 3 is 2.34 bits per heavy atom. The normalized spacial score (nSPS) is 12.4. The Hall–Kier alpha value is -3.23. The molecule has 0 radical (unpaired) electrons. The maximum absolute atomic E-state index is 13.8. The largest absolute Gasteiger partial charge is 0.350 e. The zero-order chi connectivity index (χ0) is 23.1. The Morgan fingerprint density at radius 2 is 1.66 bits per heavy atom. The second-order valence-corrected chi connectivity index (χ2v) is 9.31. The maximum Gasteiger partial charge on any atom is 0.262 e. The first-order chi connectivity index (χ1) is 15.3. The molecule has 32 heavy (non-hydrogen) atoms. The van der Waals surface area contributed by atoms with Crippen LogP contribution in [0.2, 0.25) is 0 Å². The molecule has 3 aromatic carbocycles. The summed E-state index contributed by atoms with van der Waals surface area (Å²) in [6.07, 6.45) is 0.759. The number of carbonyl (C=O) groups is 1. The van der Waals surface area contributed by atoms with Gasteiger partial charge in [0.15, 0.2) is 0 Å². The van der Waals surface area contributed by atoms with Crippen LogP contribution in [0.15, 0.2) is 83.8 Å². The molecule has 0 aliphatic carbocycles. The van der Waals surface area contributed by atoms with Crippen LogP contribution in [0.3, 0.4) is 0 Å². The monoisotopic (exact) mass is 455 g/mol. The Labute approximate surface area is 188 Å². The molecule has 0 aliphatic rings. The summed E-state index contributed by atoms with van der Waals surface area (Å²) in [6, 6.07) is 21.2. The molecule has 3 rings (SSSR count). The van der Waals surface area contributed by atoms with Crippen LogP contribution in [-0.2, 0) is 16.4 Å². The number of nitrogens with one attached hydrogen (secondary N) is 2. The minimum Gasteiger partial charge on any atom is -0.350 e. The predicted octanol–water partition coefficient (Wildman–Crippen LogP) is 3.53. The smallest absolute Gasteiger partial charge is 0.262 e. The standard InChI is InChI=1S/C24H26FN3O3S/c1-28(2)20(15-18-9-4-3-5-10-18)17-26-24(29)19-11-8-12-21(16-19)32(30,31)27-23-14-7-6-13-22(23)25/h3-14,16,20,27H,15,17H2,1-2H3,(H,26,29). The highest BCUT2D eigenvalue weighted by molar-refractivity contribution is 7.92. The van der Waals surface area contributed by atoms with Crippen molar-refractivity contribution < 1.29 is 17.6 Å². The molecule has 0 aliphatic heterocycles. The molecule has 168 valence electrons. The van der Waals surface area contributed by atoms with E-state index in [9.17, 15) is 17.6 Å². The number of halogens is 1. The summed E-state index contributed by atoms with van der Waals surface area (Å²) in [7, 11) is -0.164. The van der Waals surface area contributed by atoms with Gasteiger partial charge in [-0.05, 0) is 56.4 Å². The van der Waals surface area contributed by atoms with Crippen molar-refractivity contribution >= 4 is 21.6 Å². The van der Waals surface area contributed by atoms with Gasteiger partial charge in [-0.1, -0.05) is 48.5 Å². The molecular formula is C24H26FN3O3S. The summed E-state index contributed by atoms with van der Waals surface area (Å²) in [6.45, 7) is 0.394. The zero-order valence-corrected chi connectivity index (χ0v) is 18.8. The van der Waals surface area contributed by atoms with Crippen LogP contribution >= 0.6 is 0 Å². The van der Waals surface area contributed by atoms with E-state index in [0.29, 0.717) is 6.54 Å². The number of nitrogens with zero attached hydrogens (tertiary/aromatic N) is 1. The quantitative estimate of drug-likeness (QED) is 0.518. The van der Waals surface area contributed by atoms with Crippen molar-refractivity contribution in [3.8, 4) is 0 Å². The topological polar surface area (TPSA) is 78.5 Å². The number of anilines is 1. The number of hydrogen-bond acceptors (Lipinski definition) is 4. The third-order valence-corrected chi connectivity index (χ3v) is 6.43. The Bertz CT molecular complexity index is 1170.